The van der Waals surface area contributed by atoms with Crippen molar-refractivity contribution in [2.75, 3.05) is 0 Å². The van der Waals surface area contributed by atoms with Gasteiger partial charge in [0.15, 0.2) is 5.78 Å². The van der Waals surface area contributed by atoms with Crippen LogP contribution in [0.2, 0.25) is 0 Å². The largest absolute Gasteiger partial charge is 0.490 e. The van der Waals surface area contributed by atoms with E-state index in [0.29, 0.717) is 11.3 Å². The SMILES string of the molecule is CCC(CC)Oc1ccc(C)cc1C(C)=O. The maximum Gasteiger partial charge on any atom is 0.163 e. The van der Waals surface area contributed by atoms with Crippen molar-refractivity contribution >= 4 is 5.78 Å². The van der Waals surface area contributed by atoms with Crippen LogP contribution in [0.1, 0.15) is 49.5 Å². The first-order chi connectivity index (χ1) is 7.58. The molecule has 0 aliphatic carbocycles. The monoisotopic (exact) mass is 220 g/mol. The van der Waals surface area contributed by atoms with E-state index in [1.54, 1.807) is 6.92 Å². The molecule has 0 radical (unpaired) electrons. The second-order valence-corrected chi connectivity index (χ2v) is 4.11. The van der Waals surface area contributed by atoms with Gasteiger partial charge in [0.2, 0.25) is 0 Å². The number of Topliss-reactive ketones (excluding diaryl/α,β-unsaturated/α-hetero) is 1. The summed E-state index contributed by atoms with van der Waals surface area (Å²) in [5.41, 5.74) is 1.77. The van der Waals surface area contributed by atoms with Gasteiger partial charge in [-0.15, -0.1) is 0 Å². The summed E-state index contributed by atoms with van der Waals surface area (Å²) in [7, 11) is 0. The van der Waals surface area contributed by atoms with E-state index in [9.17, 15) is 4.79 Å². The van der Waals surface area contributed by atoms with Crippen molar-refractivity contribution in [1.82, 2.24) is 0 Å². The van der Waals surface area contributed by atoms with Crippen LogP contribution >= 0.6 is 0 Å². The number of benzene rings is 1. The molecule has 1 aromatic rings. The number of aryl methyl sites for hydroxylation is 1. The second-order valence-electron chi connectivity index (χ2n) is 4.11. The quantitative estimate of drug-likeness (QED) is 0.706. The normalized spacial score (nSPS) is 10.6. The Hall–Kier alpha value is -1.31. The molecule has 0 spiro atoms. The van der Waals surface area contributed by atoms with Gasteiger partial charge in [0.25, 0.3) is 0 Å². The molecule has 0 saturated carbocycles. The van der Waals surface area contributed by atoms with E-state index in [4.69, 9.17) is 4.74 Å². The fourth-order valence-corrected chi connectivity index (χ4v) is 1.66. The molecule has 0 N–H and O–H groups in total. The van der Waals surface area contributed by atoms with Crippen LogP contribution in [-0.2, 0) is 0 Å². The number of carbonyl (C=O) groups excluding carboxylic acids is 1. The minimum atomic E-state index is 0.0599. The number of carbonyl (C=O) groups is 1. The van der Waals surface area contributed by atoms with E-state index in [2.05, 4.69) is 13.8 Å². The van der Waals surface area contributed by atoms with E-state index >= 15 is 0 Å². The van der Waals surface area contributed by atoms with Crippen LogP contribution in [0.15, 0.2) is 18.2 Å². The molecule has 1 rings (SSSR count). The van der Waals surface area contributed by atoms with Crippen LogP contribution < -0.4 is 4.74 Å². The maximum atomic E-state index is 11.5. The predicted octanol–water partition coefficient (Wildman–Crippen LogP) is 3.77. The minimum absolute atomic E-state index is 0.0599. The zero-order chi connectivity index (χ0) is 12.1. The Balaban J connectivity index is 2.98. The zero-order valence-electron chi connectivity index (χ0n) is 10.5. The molecule has 0 atom stereocenters. The lowest BCUT2D eigenvalue weighted by Gasteiger charge is -2.17. The predicted molar refractivity (Wildman–Crippen MR) is 66.2 cm³/mol. The molecule has 88 valence electrons. The van der Waals surface area contributed by atoms with Gasteiger partial charge in [-0.2, -0.15) is 0 Å². The molecule has 0 heterocycles. The van der Waals surface area contributed by atoms with Crippen molar-refractivity contribution in [3.8, 4) is 5.75 Å². The minimum Gasteiger partial charge on any atom is -0.490 e. The van der Waals surface area contributed by atoms with Gasteiger partial charge in [-0.25, -0.2) is 0 Å². The Kier molecular flexibility index (Phi) is 4.53. The highest BCUT2D eigenvalue weighted by Crippen LogP contribution is 2.23. The summed E-state index contributed by atoms with van der Waals surface area (Å²) in [5, 5.41) is 0. The molecular weight excluding hydrogens is 200 g/mol. The lowest BCUT2D eigenvalue weighted by molar-refractivity contribution is 0.100. The molecule has 0 saturated heterocycles. The average Bonchev–Trinajstić information content (AvgIpc) is 2.27. The van der Waals surface area contributed by atoms with Crippen LogP contribution in [0.25, 0.3) is 0 Å². The first-order valence-corrected chi connectivity index (χ1v) is 5.86. The zero-order valence-corrected chi connectivity index (χ0v) is 10.5. The van der Waals surface area contributed by atoms with Gasteiger partial charge in [0, 0.05) is 0 Å². The highest BCUT2D eigenvalue weighted by Gasteiger charge is 2.12. The fraction of sp³-hybridized carbons (Fsp3) is 0.500. The average molecular weight is 220 g/mol. The molecule has 0 fully saturated rings. The molecule has 0 bridgehead atoms. The standard InChI is InChI=1S/C14H20O2/c1-5-12(6-2)16-14-8-7-10(3)9-13(14)11(4)15/h7-9,12H,5-6H2,1-4H3. The smallest absolute Gasteiger partial charge is 0.163 e. The van der Waals surface area contributed by atoms with Gasteiger partial charge in [0.05, 0.1) is 11.7 Å². The highest BCUT2D eigenvalue weighted by molar-refractivity contribution is 5.97. The molecule has 0 aliphatic heterocycles. The van der Waals surface area contributed by atoms with Gasteiger partial charge in [-0.05, 0) is 38.8 Å². The summed E-state index contributed by atoms with van der Waals surface area (Å²) < 4.78 is 5.84. The molecule has 1 aromatic carbocycles. The molecule has 16 heavy (non-hydrogen) atoms. The van der Waals surface area contributed by atoms with E-state index < -0.39 is 0 Å². The van der Waals surface area contributed by atoms with E-state index in [1.165, 1.54) is 0 Å². The Morgan fingerprint density at radius 3 is 2.44 bits per heavy atom. The topological polar surface area (TPSA) is 26.3 Å². The molecular formula is C14H20O2. The Morgan fingerprint density at radius 2 is 1.94 bits per heavy atom. The third-order valence-corrected chi connectivity index (χ3v) is 2.72. The Bertz CT molecular complexity index is 365. The van der Waals surface area contributed by atoms with E-state index in [0.717, 1.165) is 18.4 Å². The number of hydrogen-bond acceptors (Lipinski definition) is 2. The highest BCUT2D eigenvalue weighted by atomic mass is 16.5. The number of ether oxygens (including phenoxy) is 1. The lowest BCUT2D eigenvalue weighted by atomic mass is 10.1. The van der Waals surface area contributed by atoms with Crippen molar-refractivity contribution < 1.29 is 9.53 Å². The summed E-state index contributed by atoms with van der Waals surface area (Å²) in [6.07, 6.45) is 2.12. The fourth-order valence-electron chi connectivity index (χ4n) is 1.66. The van der Waals surface area contributed by atoms with Gasteiger partial charge < -0.3 is 4.74 Å². The number of hydrogen-bond donors (Lipinski definition) is 0. The van der Waals surface area contributed by atoms with Crippen LogP contribution in [0.3, 0.4) is 0 Å². The van der Waals surface area contributed by atoms with Crippen LogP contribution in [-0.4, -0.2) is 11.9 Å². The van der Waals surface area contributed by atoms with Crippen molar-refractivity contribution in [2.24, 2.45) is 0 Å². The molecule has 0 amide bonds. The molecule has 0 aromatic heterocycles. The van der Waals surface area contributed by atoms with Gasteiger partial charge in [-0.1, -0.05) is 25.5 Å². The summed E-state index contributed by atoms with van der Waals surface area (Å²) >= 11 is 0. The first-order valence-electron chi connectivity index (χ1n) is 5.86. The van der Waals surface area contributed by atoms with Crippen LogP contribution in [0.5, 0.6) is 5.75 Å². The van der Waals surface area contributed by atoms with Gasteiger partial charge >= 0.3 is 0 Å². The third kappa shape index (κ3) is 3.09. The molecule has 2 heteroatoms. The second kappa shape index (κ2) is 5.69. The van der Waals surface area contributed by atoms with Crippen LogP contribution in [0, 0.1) is 6.92 Å². The number of ketones is 1. The van der Waals surface area contributed by atoms with Crippen molar-refractivity contribution in [3.05, 3.63) is 29.3 Å². The summed E-state index contributed by atoms with van der Waals surface area (Å²) in [6, 6.07) is 5.76. The van der Waals surface area contributed by atoms with E-state index in [-0.39, 0.29) is 11.9 Å². The summed E-state index contributed by atoms with van der Waals surface area (Å²) in [6.45, 7) is 7.74. The Morgan fingerprint density at radius 1 is 1.31 bits per heavy atom. The van der Waals surface area contributed by atoms with Crippen LogP contribution in [0.4, 0.5) is 0 Å². The lowest BCUT2D eigenvalue weighted by Crippen LogP contribution is -2.15. The van der Waals surface area contributed by atoms with Crippen molar-refractivity contribution in [3.63, 3.8) is 0 Å². The maximum absolute atomic E-state index is 11.5. The van der Waals surface area contributed by atoms with Crippen molar-refractivity contribution in [2.45, 2.75) is 46.6 Å². The number of rotatable bonds is 5. The summed E-state index contributed by atoms with van der Waals surface area (Å²) in [5.74, 6) is 0.774. The van der Waals surface area contributed by atoms with Gasteiger partial charge in [-0.3, -0.25) is 4.79 Å². The molecule has 2 nitrogen and oxygen atoms in total. The molecule has 0 aliphatic rings. The van der Waals surface area contributed by atoms with E-state index in [1.807, 2.05) is 25.1 Å². The van der Waals surface area contributed by atoms with Crippen molar-refractivity contribution in [1.29, 1.82) is 0 Å². The van der Waals surface area contributed by atoms with Gasteiger partial charge in [0.1, 0.15) is 5.75 Å². The first kappa shape index (κ1) is 12.8. The Labute approximate surface area is 97.6 Å². The molecule has 0 unspecified atom stereocenters. The summed E-state index contributed by atoms with van der Waals surface area (Å²) in [4.78, 5) is 11.5. The third-order valence-electron chi connectivity index (χ3n) is 2.72.